The number of rotatable bonds is 7. The summed E-state index contributed by atoms with van der Waals surface area (Å²) in [6, 6.07) is 9.41. The Kier molecular flexibility index (Phi) is 9.39. The van der Waals surface area contributed by atoms with Crippen LogP contribution in [0.5, 0.6) is 5.75 Å². The molecule has 3 fully saturated rings. The molecule has 1 aliphatic heterocycles. The van der Waals surface area contributed by atoms with Crippen molar-refractivity contribution in [3.05, 3.63) is 29.8 Å². The number of ether oxygens (including phenoxy) is 1. The average Bonchev–Trinajstić information content (AvgIpc) is 2.94. The van der Waals surface area contributed by atoms with Gasteiger partial charge in [0.1, 0.15) is 17.5 Å². The summed E-state index contributed by atoms with van der Waals surface area (Å²) in [6.07, 6.45) is 5.06. The number of nitrogens with zero attached hydrogens (tertiary/aromatic N) is 4. The maximum Gasteiger partial charge on any atom is 0.573 e. The molecule has 3 saturated carbocycles. The molecule has 2 bridgehead atoms. The number of aliphatic imine (C=N–C) groups is 2. The molecule has 5 rings (SSSR count). The van der Waals surface area contributed by atoms with Crippen molar-refractivity contribution < 1.29 is 23.0 Å². The highest BCUT2D eigenvalue weighted by molar-refractivity contribution is 6.03. The monoisotopic (exact) mass is 574 g/mol. The van der Waals surface area contributed by atoms with E-state index in [0.717, 1.165) is 38.5 Å². The van der Waals surface area contributed by atoms with Crippen LogP contribution in [0.3, 0.4) is 0 Å². The van der Waals surface area contributed by atoms with Crippen LogP contribution in [-0.2, 0) is 6.54 Å². The SMILES string of the molecule is CN(C1CCC(O)CC1)C1[C@@H]2CCC[C@H]1CC(CN=C1NC(NCc3ccccc3OC(F)(F)F)=NCC1C#N)C2. The zero-order valence-electron chi connectivity index (χ0n) is 23.6. The maximum atomic E-state index is 12.8. The Morgan fingerprint density at radius 2 is 1.85 bits per heavy atom. The molecule has 1 aromatic rings. The van der Waals surface area contributed by atoms with Gasteiger partial charge < -0.3 is 20.5 Å². The number of nitriles is 1. The van der Waals surface area contributed by atoms with Crippen molar-refractivity contribution in [2.75, 3.05) is 20.1 Å². The predicted octanol–water partition coefficient (Wildman–Crippen LogP) is 4.60. The highest BCUT2D eigenvalue weighted by Crippen LogP contribution is 2.46. The Morgan fingerprint density at radius 3 is 2.54 bits per heavy atom. The lowest BCUT2D eigenvalue weighted by Crippen LogP contribution is -2.54. The molecule has 224 valence electrons. The number of nitrogens with one attached hydrogen (secondary N) is 2. The molecule has 0 saturated heterocycles. The molecule has 1 heterocycles. The van der Waals surface area contributed by atoms with E-state index in [-0.39, 0.29) is 24.9 Å². The third-order valence-corrected chi connectivity index (χ3v) is 9.43. The maximum absolute atomic E-state index is 12.8. The lowest BCUT2D eigenvalue weighted by molar-refractivity contribution is -0.274. The van der Waals surface area contributed by atoms with Gasteiger partial charge in [-0.25, -0.2) is 0 Å². The summed E-state index contributed by atoms with van der Waals surface area (Å²) < 4.78 is 42.5. The number of halogens is 3. The van der Waals surface area contributed by atoms with Crippen LogP contribution in [0.15, 0.2) is 34.3 Å². The molecule has 0 amide bonds. The van der Waals surface area contributed by atoms with E-state index in [1.165, 1.54) is 31.4 Å². The Labute approximate surface area is 240 Å². The lowest BCUT2D eigenvalue weighted by atomic mass is 9.64. The van der Waals surface area contributed by atoms with E-state index in [2.05, 4.69) is 38.4 Å². The minimum absolute atomic E-state index is 0.0729. The molecule has 5 atom stereocenters. The zero-order chi connectivity index (χ0) is 29.0. The topological polar surface area (TPSA) is 105 Å². The summed E-state index contributed by atoms with van der Waals surface area (Å²) >= 11 is 0. The predicted molar refractivity (Wildman–Crippen MR) is 150 cm³/mol. The van der Waals surface area contributed by atoms with Crippen LogP contribution >= 0.6 is 0 Å². The normalized spacial score (nSPS) is 33.0. The molecule has 1 aromatic carbocycles. The van der Waals surface area contributed by atoms with Gasteiger partial charge in [-0.15, -0.1) is 13.2 Å². The van der Waals surface area contributed by atoms with E-state index >= 15 is 0 Å². The van der Waals surface area contributed by atoms with Crippen molar-refractivity contribution in [2.24, 2.45) is 33.7 Å². The van der Waals surface area contributed by atoms with Crippen molar-refractivity contribution in [1.29, 1.82) is 5.26 Å². The number of hydrogen-bond acceptors (Lipinski definition) is 7. The summed E-state index contributed by atoms with van der Waals surface area (Å²) in [5, 5.41) is 25.8. The lowest BCUT2D eigenvalue weighted by Gasteiger charge is -2.52. The Bertz CT molecular complexity index is 1130. The molecule has 3 aliphatic carbocycles. The van der Waals surface area contributed by atoms with Crippen molar-refractivity contribution >= 4 is 11.8 Å². The van der Waals surface area contributed by atoms with Crippen LogP contribution in [0.2, 0.25) is 0 Å². The van der Waals surface area contributed by atoms with E-state index < -0.39 is 12.3 Å². The molecular weight excluding hydrogens is 533 g/mol. The standard InChI is InChI=1S/C30H41F3N6O2/c1-39(24-9-11-25(40)12-10-24)27-20-6-4-7-21(27)14-19(13-20)16-35-28-23(15-34)18-37-29(38-28)36-17-22-5-2-3-8-26(22)41-30(31,32)33/h2-3,5,8,19-21,23-25,27,40H,4,6-7,9-14,16-18H2,1H3,(H2,35,36,37,38)/t19?,20-,21+,23?,24?,25?,27?. The molecule has 3 N–H and O–H groups in total. The zero-order valence-corrected chi connectivity index (χ0v) is 23.6. The van der Waals surface area contributed by atoms with E-state index in [1.807, 2.05) is 0 Å². The van der Waals surface area contributed by atoms with Crippen LogP contribution in [0.25, 0.3) is 0 Å². The summed E-state index contributed by atoms with van der Waals surface area (Å²) in [7, 11) is 2.30. The highest BCUT2D eigenvalue weighted by atomic mass is 19.4. The van der Waals surface area contributed by atoms with Gasteiger partial charge in [0.05, 0.1) is 18.7 Å². The number of alkyl halides is 3. The number of para-hydroxylation sites is 1. The third-order valence-electron chi connectivity index (χ3n) is 9.43. The minimum Gasteiger partial charge on any atom is -0.405 e. The van der Waals surface area contributed by atoms with Crippen LogP contribution in [0.4, 0.5) is 13.2 Å². The quantitative estimate of drug-likeness (QED) is 0.440. The first-order valence-corrected chi connectivity index (χ1v) is 14.9. The average molecular weight is 575 g/mol. The van der Waals surface area contributed by atoms with E-state index in [4.69, 9.17) is 4.99 Å². The van der Waals surface area contributed by atoms with Gasteiger partial charge in [-0.05, 0) is 82.2 Å². The number of aliphatic hydroxyl groups is 1. The van der Waals surface area contributed by atoms with Crippen molar-refractivity contribution in [1.82, 2.24) is 15.5 Å². The number of hydrogen-bond donors (Lipinski definition) is 3. The fourth-order valence-electron chi connectivity index (χ4n) is 7.51. The molecule has 0 aromatic heterocycles. The molecule has 8 nitrogen and oxygen atoms in total. The Hall–Kier alpha value is -2.84. The van der Waals surface area contributed by atoms with Crippen LogP contribution < -0.4 is 15.4 Å². The minimum atomic E-state index is -4.77. The first-order valence-electron chi connectivity index (χ1n) is 14.9. The summed E-state index contributed by atoms with van der Waals surface area (Å²) in [4.78, 5) is 11.9. The number of fused-ring (bicyclic) bond motifs is 2. The first-order chi connectivity index (χ1) is 19.7. The van der Waals surface area contributed by atoms with Crippen molar-refractivity contribution in [2.45, 2.75) is 88.9 Å². The van der Waals surface area contributed by atoms with Gasteiger partial charge in [0.2, 0.25) is 0 Å². The molecule has 11 heteroatoms. The van der Waals surface area contributed by atoms with Gasteiger partial charge in [0, 0.05) is 30.7 Å². The van der Waals surface area contributed by atoms with Crippen LogP contribution in [0, 0.1) is 35.0 Å². The van der Waals surface area contributed by atoms with Crippen molar-refractivity contribution in [3.63, 3.8) is 0 Å². The second-order valence-electron chi connectivity index (χ2n) is 12.1. The second kappa shape index (κ2) is 13.0. The van der Waals surface area contributed by atoms with Crippen LogP contribution in [0.1, 0.15) is 63.4 Å². The first kappa shape index (κ1) is 29.6. The smallest absolute Gasteiger partial charge is 0.405 e. The van der Waals surface area contributed by atoms with Gasteiger partial charge in [0.15, 0.2) is 5.96 Å². The van der Waals surface area contributed by atoms with E-state index in [1.54, 1.807) is 12.1 Å². The van der Waals surface area contributed by atoms with Crippen molar-refractivity contribution in [3.8, 4) is 11.8 Å². The highest BCUT2D eigenvalue weighted by Gasteiger charge is 2.44. The van der Waals surface area contributed by atoms with Gasteiger partial charge in [-0.3, -0.25) is 14.9 Å². The van der Waals surface area contributed by atoms with Gasteiger partial charge in [0.25, 0.3) is 0 Å². The number of benzene rings is 1. The van der Waals surface area contributed by atoms with E-state index in [0.29, 0.717) is 53.7 Å². The third kappa shape index (κ3) is 7.52. The second-order valence-corrected chi connectivity index (χ2v) is 12.1. The fraction of sp³-hybridized carbons (Fsp3) is 0.700. The molecule has 0 spiro atoms. The van der Waals surface area contributed by atoms with Gasteiger partial charge in [-0.1, -0.05) is 24.6 Å². The molecule has 41 heavy (non-hydrogen) atoms. The Morgan fingerprint density at radius 1 is 1.15 bits per heavy atom. The van der Waals surface area contributed by atoms with Crippen LogP contribution in [-0.4, -0.2) is 66.5 Å². The number of guanidine groups is 1. The largest absolute Gasteiger partial charge is 0.573 e. The Balaban J connectivity index is 1.18. The fourth-order valence-corrected chi connectivity index (χ4v) is 7.51. The van der Waals surface area contributed by atoms with Gasteiger partial charge >= 0.3 is 6.36 Å². The molecule has 4 aliphatic rings. The van der Waals surface area contributed by atoms with Gasteiger partial charge in [-0.2, -0.15) is 5.26 Å². The molecule has 0 radical (unpaired) electrons. The summed E-state index contributed by atoms with van der Waals surface area (Å²) in [6.45, 7) is 0.961. The summed E-state index contributed by atoms with van der Waals surface area (Å²) in [5.74, 6) is 1.96. The molecule has 3 unspecified atom stereocenters. The molecular formula is C30H41F3N6O2. The number of amidine groups is 1. The number of aliphatic hydroxyl groups excluding tert-OH is 1. The summed E-state index contributed by atoms with van der Waals surface area (Å²) in [5.41, 5.74) is 0.341. The van der Waals surface area contributed by atoms with E-state index in [9.17, 15) is 23.5 Å².